The Hall–Kier alpha value is -1.40. The molecule has 0 saturated carbocycles. The number of nitrogens with zero attached hydrogens (tertiary/aromatic N) is 1. The monoisotopic (exact) mass is 352 g/mol. The number of unbranched alkanes of at least 4 members (excludes halogenated alkanes) is 1. The van der Waals surface area contributed by atoms with Crippen molar-refractivity contribution in [2.75, 3.05) is 18.1 Å². The van der Waals surface area contributed by atoms with Crippen LogP contribution in [0, 0.1) is 5.92 Å². The van der Waals surface area contributed by atoms with Gasteiger partial charge in [-0.2, -0.15) is 0 Å². The van der Waals surface area contributed by atoms with Crippen LogP contribution in [0.4, 0.5) is 0 Å². The van der Waals surface area contributed by atoms with Gasteiger partial charge >= 0.3 is 0 Å². The van der Waals surface area contributed by atoms with Crippen molar-refractivity contribution in [1.29, 1.82) is 0 Å². The van der Waals surface area contributed by atoms with Crippen LogP contribution in [0.25, 0.3) is 0 Å². The van der Waals surface area contributed by atoms with Gasteiger partial charge in [0.15, 0.2) is 9.84 Å². The maximum Gasteiger partial charge on any atom is 0.227 e. The molecule has 24 heavy (non-hydrogen) atoms. The second kappa shape index (κ2) is 8.12. The molecule has 3 unspecified atom stereocenters. The van der Waals surface area contributed by atoms with Crippen LogP contribution in [0.1, 0.15) is 44.7 Å². The first-order chi connectivity index (χ1) is 11.4. The van der Waals surface area contributed by atoms with Crippen LogP contribution in [-0.4, -0.2) is 43.3 Å². The minimum absolute atomic E-state index is 0.0399. The predicted molar refractivity (Wildman–Crippen MR) is 96.2 cm³/mol. The lowest BCUT2D eigenvalue weighted by Gasteiger charge is -2.32. The van der Waals surface area contributed by atoms with E-state index in [1.165, 1.54) is 0 Å². The van der Waals surface area contributed by atoms with Crippen molar-refractivity contribution in [1.82, 2.24) is 4.90 Å². The Bertz CT molecular complexity index is 645. The lowest BCUT2D eigenvalue weighted by Crippen LogP contribution is -2.46. The van der Waals surface area contributed by atoms with Gasteiger partial charge in [0, 0.05) is 18.6 Å². The number of rotatable bonds is 7. The summed E-state index contributed by atoms with van der Waals surface area (Å²) in [6, 6.07) is 8.98. The smallest absolute Gasteiger partial charge is 0.227 e. The van der Waals surface area contributed by atoms with E-state index in [9.17, 15) is 13.2 Å². The SMILES string of the molecule is CCCCN(C(=O)C(C)C(N)c1ccccc1)C1CCS(=O)(=O)C1. The highest BCUT2D eigenvalue weighted by molar-refractivity contribution is 7.91. The molecule has 0 aromatic heterocycles. The van der Waals surface area contributed by atoms with E-state index in [4.69, 9.17) is 5.73 Å². The minimum Gasteiger partial charge on any atom is -0.338 e. The molecule has 1 aliphatic heterocycles. The van der Waals surface area contributed by atoms with E-state index < -0.39 is 9.84 Å². The Kier molecular flexibility index (Phi) is 6.40. The zero-order chi connectivity index (χ0) is 17.7. The second-order valence-electron chi connectivity index (χ2n) is 6.67. The van der Waals surface area contributed by atoms with Crippen molar-refractivity contribution in [3.8, 4) is 0 Å². The van der Waals surface area contributed by atoms with Crippen molar-refractivity contribution in [2.45, 2.75) is 45.2 Å². The normalized spacial score (nSPS) is 22.0. The summed E-state index contributed by atoms with van der Waals surface area (Å²) in [4.78, 5) is 14.8. The third-order valence-corrected chi connectivity index (χ3v) is 6.55. The Morgan fingerprint density at radius 2 is 2.00 bits per heavy atom. The Labute approximate surface area is 145 Å². The van der Waals surface area contributed by atoms with Crippen LogP contribution in [0.15, 0.2) is 30.3 Å². The molecule has 1 fully saturated rings. The molecule has 2 rings (SSSR count). The van der Waals surface area contributed by atoms with Gasteiger partial charge in [0.1, 0.15) is 0 Å². The van der Waals surface area contributed by atoms with Crippen LogP contribution in [0.2, 0.25) is 0 Å². The van der Waals surface area contributed by atoms with Crippen LogP contribution in [0.3, 0.4) is 0 Å². The van der Waals surface area contributed by atoms with E-state index in [2.05, 4.69) is 6.92 Å². The average Bonchev–Trinajstić information content (AvgIpc) is 2.94. The number of sulfone groups is 1. The van der Waals surface area contributed by atoms with Crippen molar-refractivity contribution in [3.05, 3.63) is 35.9 Å². The number of amides is 1. The van der Waals surface area contributed by atoms with Crippen LogP contribution >= 0.6 is 0 Å². The van der Waals surface area contributed by atoms with Crippen molar-refractivity contribution >= 4 is 15.7 Å². The molecule has 1 amide bonds. The van der Waals surface area contributed by atoms with Crippen LogP contribution in [-0.2, 0) is 14.6 Å². The number of hydrogen-bond acceptors (Lipinski definition) is 4. The van der Waals surface area contributed by atoms with Gasteiger partial charge in [-0.05, 0) is 18.4 Å². The number of carbonyl (C=O) groups is 1. The quantitative estimate of drug-likeness (QED) is 0.815. The summed E-state index contributed by atoms with van der Waals surface area (Å²) in [7, 11) is -3.02. The summed E-state index contributed by atoms with van der Waals surface area (Å²) in [6.07, 6.45) is 2.36. The molecule has 2 N–H and O–H groups in total. The van der Waals surface area contributed by atoms with E-state index in [1.807, 2.05) is 37.3 Å². The highest BCUT2D eigenvalue weighted by Gasteiger charge is 2.37. The molecule has 1 aromatic carbocycles. The molecule has 5 nitrogen and oxygen atoms in total. The maximum atomic E-state index is 13.0. The van der Waals surface area contributed by atoms with Gasteiger partial charge in [0.05, 0.1) is 17.4 Å². The molecular weight excluding hydrogens is 324 g/mol. The fraction of sp³-hybridized carbons (Fsp3) is 0.611. The molecule has 0 aliphatic carbocycles. The molecule has 6 heteroatoms. The first-order valence-electron chi connectivity index (χ1n) is 8.67. The summed E-state index contributed by atoms with van der Waals surface area (Å²) in [5.74, 6) is -0.169. The summed E-state index contributed by atoms with van der Waals surface area (Å²) in [6.45, 7) is 4.50. The van der Waals surface area contributed by atoms with E-state index in [-0.39, 0.29) is 35.4 Å². The molecule has 134 valence electrons. The summed E-state index contributed by atoms with van der Waals surface area (Å²) in [5, 5.41) is 0. The highest BCUT2D eigenvalue weighted by atomic mass is 32.2. The van der Waals surface area contributed by atoms with Crippen molar-refractivity contribution in [3.63, 3.8) is 0 Å². The minimum atomic E-state index is -3.02. The summed E-state index contributed by atoms with van der Waals surface area (Å²) < 4.78 is 23.6. The standard InChI is InChI=1S/C18H28N2O3S/c1-3-4-11-20(16-10-12-24(22,23)13-16)18(21)14(2)17(19)15-8-6-5-7-9-15/h5-9,14,16-17H,3-4,10-13,19H2,1-2H3. The van der Waals surface area contributed by atoms with Crippen LogP contribution in [0.5, 0.6) is 0 Å². The Balaban J connectivity index is 2.14. The Morgan fingerprint density at radius 3 is 2.54 bits per heavy atom. The molecule has 1 heterocycles. The highest BCUT2D eigenvalue weighted by Crippen LogP contribution is 2.25. The Morgan fingerprint density at radius 1 is 1.33 bits per heavy atom. The molecule has 1 aromatic rings. The summed E-state index contributed by atoms with van der Waals surface area (Å²) >= 11 is 0. The molecule has 0 radical (unpaired) electrons. The maximum absolute atomic E-state index is 13.0. The largest absolute Gasteiger partial charge is 0.338 e. The lowest BCUT2D eigenvalue weighted by molar-refractivity contribution is -0.137. The van der Waals surface area contributed by atoms with Crippen LogP contribution < -0.4 is 5.73 Å². The topological polar surface area (TPSA) is 80.5 Å². The second-order valence-corrected chi connectivity index (χ2v) is 8.90. The number of hydrogen-bond donors (Lipinski definition) is 1. The van der Waals surface area contributed by atoms with Crippen molar-refractivity contribution < 1.29 is 13.2 Å². The first kappa shape index (κ1) is 18.9. The summed E-state index contributed by atoms with van der Waals surface area (Å²) in [5.41, 5.74) is 7.22. The predicted octanol–water partition coefficient (Wildman–Crippen LogP) is 2.14. The van der Waals surface area contributed by atoms with Gasteiger partial charge in [-0.15, -0.1) is 0 Å². The molecule has 1 aliphatic rings. The van der Waals surface area contributed by atoms with Gasteiger partial charge in [-0.3, -0.25) is 4.79 Å². The first-order valence-corrected chi connectivity index (χ1v) is 10.5. The molecule has 3 atom stereocenters. The third kappa shape index (κ3) is 4.57. The fourth-order valence-electron chi connectivity index (χ4n) is 3.20. The molecule has 0 spiro atoms. The van der Waals surface area contributed by atoms with Gasteiger partial charge in [0.25, 0.3) is 0 Å². The van der Waals surface area contributed by atoms with Gasteiger partial charge in [0.2, 0.25) is 5.91 Å². The average molecular weight is 353 g/mol. The number of nitrogens with two attached hydrogens (primary N) is 1. The van der Waals surface area contributed by atoms with E-state index >= 15 is 0 Å². The molecule has 0 bridgehead atoms. The zero-order valence-corrected chi connectivity index (χ0v) is 15.3. The lowest BCUT2D eigenvalue weighted by atomic mass is 9.93. The molecule has 1 saturated heterocycles. The van der Waals surface area contributed by atoms with Gasteiger partial charge in [-0.25, -0.2) is 8.42 Å². The third-order valence-electron chi connectivity index (χ3n) is 4.80. The zero-order valence-electron chi connectivity index (χ0n) is 14.5. The van der Waals surface area contributed by atoms with Gasteiger partial charge in [-0.1, -0.05) is 50.6 Å². The fourth-order valence-corrected chi connectivity index (χ4v) is 4.93. The van der Waals surface area contributed by atoms with E-state index in [0.29, 0.717) is 13.0 Å². The van der Waals surface area contributed by atoms with Crippen molar-refractivity contribution in [2.24, 2.45) is 11.7 Å². The van der Waals surface area contributed by atoms with Gasteiger partial charge < -0.3 is 10.6 Å². The molecular formula is C18H28N2O3S. The van der Waals surface area contributed by atoms with E-state index in [0.717, 1.165) is 18.4 Å². The van der Waals surface area contributed by atoms with E-state index in [1.54, 1.807) is 4.90 Å². The number of benzene rings is 1. The number of carbonyl (C=O) groups excluding carboxylic acids is 1.